The fraction of sp³-hybridized carbons (Fsp3) is 0.120. The van der Waals surface area contributed by atoms with Crippen LogP contribution in [0.5, 0.6) is 5.75 Å². The van der Waals surface area contributed by atoms with E-state index in [0.717, 1.165) is 27.8 Å². The Balaban J connectivity index is 1.39. The lowest BCUT2D eigenvalue weighted by atomic mass is 10.1. The van der Waals surface area contributed by atoms with E-state index in [1.54, 1.807) is 18.2 Å². The van der Waals surface area contributed by atoms with Gasteiger partial charge in [-0.25, -0.2) is 0 Å². The van der Waals surface area contributed by atoms with Gasteiger partial charge >= 0.3 is 0 Å². The van der Waals surface area contributed by atoms with E-state index >= 15 is 0 Å². The monoisotopic (exact) mass is 460 g/mol. The number of nitrogens with zero attached hydrogens (tertiary/aromatic N) is 2. The van der Waals surface area contributed by atoms with Crippen LogP contribution < -0.4 is 4.74 Å². The Morgan fingerprint density at radius 1 is 1.00 bits per heavy atom. The summed E-state index contributed by atoms with van der Waals surface area (Å²) in [6, 6.07) is 21.2. The molecule has 3 aromatic rings. The number of hydrogen-bond donors (Lipinski definition) is 0. The van der Waals surface area contributed by atoms with Gasteiger partial charge in [0.25, 0.3) is 16.8 Å². The number of non-ortho nitro benzene ring substituents is 1. The van der Waals surface area contributed by atoms with Gasteiger partial charge in [0.1, 0.15) is 12.4 Å². The first kappa shape index (κ1) is 22.3. The molecule has 166 valence electrons. The number of rotatable bonds is 7. The SMILES string of the molecule is Cc1cccc(COc2ccc(/C=C3/SC(=O)N(Cc4ccc([N+](=O)[O-])cc4)C3=O)cc2)c1. The molecule has 8 heteroatoms. The Morgan fingerprint density at radius 2 is 1.73 bits per heavy atom. The average molecular weight is 461 g/mol. The van der Waals surface area contributed by atoms with Crippen molar-refractivity contribution >= 4 is 34.7 Å². The fourth-order valence-electron chi connectivity index (χ4n) is 3.32. The van der Waals surface area contributed by atoms with Crippen LogP contribution in [0.3, 0.4) is 0 Å². The summed E-state index contributed by atoms with van der Waals surface area (Å²) in [6.45, 7) is 2.56. The normalized spacial score (nSPS) is 14.7. The molecule has 0 spiro atoms. The second-order valence-electron chi connectivity index (χ2n) is 7.54. The van der Waals surface area contributed by atoms with Gasteiger partial charge in [-0.05, 0) is 53.6 Å². The van der Waals surface area contributed by atoms with Crippen molar-refractivity contribution in [2.24, 2.45) is 0 Å². The molecule has 0 N–H and O–H groups in total. The molecule has 1 aliphatic rings. The van der Waals surface area contributed by atoms with E-state index in [9.17, 15) is 19.7 Å². The van der Waals surface area contributed by atoms with Crippen LogP contribution in [0.2, 0.25) is 0 Å². The van der Waals surface area contributed by atoms with Crippen molar-refractivity contribution < 1.29 is 19.2 Å². The van der Waals surface area contributed by atoms with Crippen LogP contribution in [0.15, 0.2) is 77.7 Å². The molecule has 0 aliphatic carbocycles. The predicted molar refractivity (Wildman–Crippen MR) is 127 cm³/mol. The molecule has 0 unspecified atom stereocenters. The molecule has 7 nitrogen and oxygen atoms in total. The number of ether oxygens (including phenoxy) is 1. The molecule has 1 saturated heterocycles. The van der Waals surface area contributed by atoms with Gasteiger partial charge in [-0.15, -0.1) is 0 Å². The van der Waals surface area contributed by atoms with Gasteiger partial charge in [-0.2, -0.15) is 0 Å². The zero-order chi connectivity index (χ0) is 23.4. The van der Waals surface area contributed by atoms with E-state index in [1.807, 2.05) is 49.4 Å². The molecule has 1 aliphatic heterocycles. The summed E-state index contributed by atoms with van der Waals surface area (Å²) in [5.41, 5.74) is 3.63. The van der Waals surface area contributed by atoms with Gasteiger partial charge in [-0.1, -0.05) is 54.1 Å². The van der Waals surface area contributed by atoms with E-state index < -0.39 is 4.92 Å². The highest BCUT2D eigenvalue weighted by Gasteiger charge is 2.35. The van der Waals surface area contributed by atoms with Crippen LogP contribution in [0.25, 0.3) is 6.08 Å². The Labute approximate surface area is 194 Å². The van der Waals surface area contributed by atoms with Crippen LogP contribution in [-0.4, -0.2) is 21.0 Å². The number of carbonyl (C=O) groups is 2. The summed E-state index contributed by atoms with van der Waals surface area (Å²) < 4.78 is 5.82. The van der Waals surface area contributed by atoms with Gasteiger partial charge in [0.15, 0.2) is 0 Å². The van der Waals surface area contributed by atoms with E-state index in [4.69, 9.17) is 4.74 Å². The lowest BCUT2D eigenvalue weighted by Gasteiger charge is -2.12. The van der Waals surface area contributed by atoms with Gasteiger partial charge in [0, 0.05) is 12.1 Å². The number of amides is 2. The van der Waals surface area contributed by atoms with Gasteiger partial charge in [0.2, 0.25) is 0 Å². The summed E-state index contributed by atoms with van der Waals surface area (Å²) in [5.74, 6) is 0.322. The van der Waals surface area contributed by atoms with Crippen LogP contribution in [0.4, 0.5) is 10.5 Å². The molecule has 0 aromatic heterocycles. The minimum absolute atomic E-state index is 0.0425. The number of nitro benzene ring substituents is 1. The number of thioether (sulfide) groups is 1. The third-order valence-corrected chi connectivity index (χ3v) is 5.93. The lowest BCUT2D eigenvalue weighted by Crippen LogP contribution is -2.27. The molecule has 33 heavy (non-hydrogen) atoms. The molecule has 0 atom stereocenters. The molecule has 1 fully saturated rings. The van der Waals surface area contributed by atoms with Crippen molar-refractivity contribution in [1.82, 2.24) is 4.90 Å². The largest absolute Gasteiger partial charge is 0.489 e. The number of imide groups is 1. The third kappa shape index (κ3) is 5.48. The van der Waals surface area contributed by atoms with Gasteiger partial charge < -0.3 is 4.74 Å². The number of carbonyl (C=O) groups excluding carboxylic acids is 2. The van der Waals surface area contributed by atoms with Crippen LogP contribution in [-0.2, 0) is 17.9 Å². The maximum absolute atomic E-state index is 12.7. The summed E-state index contributed by atoms with van der Waals surface area (Å²) >= 11 is 0.876. The second kappa shape index (κ2) is 9.70. The molecular weight excluding hydrogens is 440 g/mol. The summed E-state index contributed by atoms with van der Waals surface area (Å²) in [5, 5.41) is 10.4. The molecule has 1 heterocycles. The minimum Gasteiger partial charge on any atom is -0.489 e. The highest BCUT2D eigenvalue weighted by Crippen LogP contribution is 2.33. The van der Waals surface area contributed by atoms with Crippen LogP contribution in [0.1, 0.15) is 22.3 Å². The minimum atomic E-state index is -0.494. The average Bonchev–Trinajstić information content (AvgIpc) is 3.06. The fourth-order valence-corrected chi connectivity index (χ4v) is 4.16. The number of hydrogen-bond acceptors (Lipinski definition) is 6. The zero-order valence-electron chi connectivity index (χ0n) is 17.8. The second-order valence-corrected chi connectivity index (χ2v) is 8.53. The topological polar surface area (TPSA) is 89.8 Å². The van der Waals surface area contributed by atoms with Crippen LogP contribution in [0, 0.1) is 17.0 Å². The first-order valence-electron chi connectivity index (χ1n) is 10.2. The molecule has 0 saturated carbocycles. The summed E-state index contributed by atoms with van der Waals surface area (Å²) in [4.78, 5) is 36.8. The number of aryl methyl sites for hydroxylation is 1. The zero-order valence-corrected chi connectivity index (χ0v) is 18.6. The van der Waals surface area contributed by atoms with Crippen molar-refractivity contribution in [3.63, 3.8) is 0 Å². The van der Waals surface area contributed by atoms with E-state index in [-0.39, 0.29) is 23.4 Å². The Morgan fingerprint density at radius 3 is 2.39 bits per heavy atom. The number of nitro groups is 1. The number of benzene rings is 3. The predicted octanol–water partition coefficient (Wildman–Crippen LogP) is 5.72. The summed E-state index contributed by atoms with van der Waals surface area (Å²) in [7, 11) is 0. The molecule has 3 aromatic carbocycles. The quantitative estimate of drug-likeness (QED) is 0.255. The summed E-state index contributed by atoms with van der Waals surface area (Å²) in [6.07, 6.45) is 1.67. The molecular formula is C25H20N2O5S. The Hall–Kier alpha value is -3.91. The van der Waals surface area contributed by atoms with Gasteiger partial charge in [0.05, 0.1) is 16.4 Å². The van der Waals surface area contributed by atoms with Crippen molar-refractivity contribution in [1.29, 1.82) is 0 Å². The van der Waals surface area contributed by atoms with Crippen molar-refractivity contribution in [3.8, 4) is 5.75 Å². The molecule has 0 radical (unpaired) electrons. The highest BCUT2D eigenvalue weighted by molar-refractivity contribution is 8.18. The van der Waals surface area contributed by atoms with Crippen LogP contribution >= 0.6 is 11.8 Å². The van der Waals surface area contributed by atoms with Gasteiger partial charge in [-0.3, -0.25) is 24.6 Å². The molecule has 2 amide bonds. The van der Waals surface area contributed by atoms with E-state index in [0.29, 0.717) is 22.8 Å². The van der Waals surface area contributed by atoms with E-state index in [2.05, 4.69) is 6.07 Å². The van der Waals surface area contributed by atoms with E-state index in [1.165, 1.54) is 17.7 Å². The Kier molecular flexibility index (Phi) is 6.55. The maximum atomic E-state index is 12.7. The van der Waals surface area contributed by atoms with Crippen molar-refractivity contribution in [3.05, 3.63) is 110 Å². The standard InChI is InChI=1S/C25H20N2O5S/c1-17-3-2-4-20(13-17)16-32-22-11-7-18(8-12-22)14-23-24(28)26(25(29)33-23)15-19-5-9-21(10-6-19)27(30)31/h2-14H,15-16H2,1H3/b23-14+. The molecule has 4 rings (SSSR count). The third-order valence-electron chi connectivity index (χ3n) is 5.03. The molecule has 0 bridgehead atoms. The van der Waals surface area contributed by atoms with Crippen molar-refractivity contribution in [2.75, 3.05) is 0 Å². The lowest BCUT2D eigenvalue weighted by molar-refractivity contribution is -0.384. The highest BCUT2D eigenvalue weighted by atomic mass is 32.2. The smallest absolute Gasteiger partial charge is 0.293 e. The van der Waals surface area contributed by atoms with Crippen molar-refractivity contribution in [2.45, 2.75) is 20.1 Å². The maximum Gasteiger partial charge on any atom is 0.293 e. The first-order valence-corrected chi connectivity index (χ1v) is 11.0. The first-order chi connectivity index (χ1) is 15.9. The Bertz CT molecular complexity index is 1240.